The number of rotatable bonds is 3. The Labute approximate surface area is 126 Å². The zero-order chi connectivity index (χ0) is 14.9. The zero-order valence-corrected chi connectivity index (χ0v) is 12.6. The highest BCUT2D eigenvalue weighted by molar-refractivity contribution is 6.42. The van der Waals surface area contributed by atoms with Crippen molar-refractivity contribution in [2.75, 3.05) is 11.1 Å². The van der Waals surface area contributed by atoms with E-state index in [9.17, 15) is 4.79 Å². The number of benzene rings is 1. The standard InChI is InChI=1S/C13H14Cl2N4O/c1-7-12(16)13(19(2)18-7)17-11(20)6-8-3-4-9(14)10(15)5-8/h3-5H,6,16H2,1-2H3,(H,17,20). The van der Waals surface area contributed by atoms with Gasteiger partial charge in [0.15, 0.2) is 5.82 Å². The fourth-order valence-corrected chi connectivity index (χ4v) is 2.15. The van der Waals surface area contributed by atoms with Crippen LogP contribution in [0.25, 0.3) is 0 Å². The summed E-state index contributed by atoms with van der Waals surface area (Å²) in [6.45, 7) is 1.78. The second-order valence-corrected chi connectivity index (χ2v) is 5.26. The van der Waals surface area contributed by atoms with Gasteiger partial charge in [-0.3, -0.25) is 9.48 Å². The number of anilines is 2. The summed E-state index contributed by atoms with van der Waals surface area (Å²) in [5.74, 6) is 0.297. The van der Waals surface area contributed by atoms with Crippen molar-refractivity contribution in [3.8, 4) is 0 Å². The molecule has 1 aromatic carbocycles. The van der Waals surface area contributed by atoms with Gasteiger partial charge in [-0.25, -0.2) is 0 Å². The highest BCUT2D eigenvalue weighted by Gasteiger charge is 2.13. The molecule has 7 heteroatoms. The molecule has 0 saturated heterocycles. The number of carbonyl (C=O) groups is 1. The maximum absolute atomic E-state index is 12.0. The molecule has 0 bridgehead atoms. The quantitative estimate of drug-likeness (QED) is 0.915. The Hall–Kier alpha value is -1.72. The van der Waals surface area contributed by atoms with Gasteiger partial charge in [-0.15, -0.1) is 0 Å². The van der Waals surface area contributed by atoms with E-state index in [0.29, 0.717) is 27.2 Å². The van der Waals surface area contributed by atoms with Crippen LogP contribution < -0.4 is 11.1 Å². The van der Waals surface area contributed by atoms with Gasteiger partial charge in [0.2, 0.25) is 5.91 Å². The van der Waals surface area contributed by atoms with Crippen LogP contribution in [-0.4, -0.2) is 15.7 Å². The Kier molecular flexibility index (Phi) is 4.20. The normalized spacial score (nSPS) is 10.6. The number of hydrogen-bond donors (Lipinski definition) is 2. The van der Waals surface area contributed by atoms with Crippen LogP contribution in [0.1, 0.15) is 11.3 Å². The Balaban J connectivity index is 2.11. The molecule has 0 aliphatic rings. The maximum atomic E-state index is 12.0. The molecule has 0 aliphatic carbocycles. The largest absolute Gasteiger partial charge is 0.394 e. The number of aryl methyl sites for hydroxylation is 2. The summed E-state index contributed by atoms with van der Waals surface area (Å²) in [5, 5.41) is 7.76. The van der Waals surface area contributed by atoms with Gasteiger partial charge >= 0.3 is 0 Å². The first-order chi connectivity index (χ1) is 9.38. The Morgan fingerprint density at radius 3 is 2.65 bits per heavy atom. The molecule has 0 aliphatic heterocycles. The lowest BCUT2D eigenvalue weighted by Gasteiger charge is -2.07. The predicted molar refractivity (Wildman–Crippen MR) is 81.2 cm³/mol. The lowest BCUT2D eigenvalue weighted by Crippen LogP contribution is -2.17. The van der Waals surface area contributed by atoms with E-state index in [1.807, 2.05) is 0 Å². The van der Waals surface area contributed by atoms with E-state index >= 15 is 0 Å². The molecule has 0 unspecified atom stereocenters. The molecule has 1 aromatic heterocycles. The second kappa shape index (κ2) is 5.73. The number of amides is 1. The van der Waals surface area contributed by atoms with E-state index in [-0.39, 0.29) is 12.3 Å². The first-order valence-electron chi connectivity index (χ1n) is 5.91. The van der Waals surface area contributed by atoms with Crippen molar-refractivity contribution in [3.05, 3.63) is 39.5 Å². The van der Waals surface area contributed by atoms with E-state index < -0.39 is 0 Å². The van der Waals surface area contributed by atoms with Crippen molar-refractivity contribution in [1.82, 2.24) is 9.78 Å². The molecule has 20 heavy (non-hydrogen) atoms. The average molecular weight is 313 g/mol. The van der Waals surface area contributed by atoms with Crippen LogP contribution in [-0.2, 0) is 18.3 Å². The van der Waals surface area contributed by atoms with Crippen molar-refractivity contribution < 1.29 is 4.79 Å². The summed E-state index contributed by atoms with van der Waals surface area (Å²) in [4.78, 5) is 12.0. The van der Waals surface area contributed by atoms with Crippen LogP contribution in [0.3, 0.4) is 0 Å². The third-order valence-electron chi connectivity index (χ3n) is 2.88. The van der Waals surface area contributed by atoms with Gasteiger partial charge in [0.25, 0.3) is 0 Å². The molecule has 5 nitrogen and oxygen atoms in total. The molecule has 3 N–H and O–H groups in total. The fraction of sp³-hybridized carbons (Fsp3) is 0.231. The van der Waals surface area contributed by atoms with Crippen molar-refractivity contribution >= 4 is 40.6 Å². The van der Waals surface area contributed by atoms with Gasteiger partial charge < -0.3 is 11.1 Å². The lowest BCUT2D eigenvalue weighted by atomic mass is 10.1. The van der Waals surface area contributed by atoms with E-state index in [0.717, 1.165) is 5.56 Å². The van der Waals surface area contributed by atoms with Crippen molar-refractivity contribution in [1.29, 1.82) is 0 Å². The summed E-state index contributed by atoms with van der Waals surface area (Å²) in [6.07, 6.45) is 0.181. The highest BCUT2D eigenvalue weighted by atomic mass is 35.5. The van der Waals surface area contributed by atoms with Crippen molar-refractivity contribution in [3.63, 3.8) is 0 Å². The van der Waals surface area contributed by atoms with Crippen LogP contribution in [0.4, 0.5) is 11.5 Å². The highest BCUT2D eigenvalue weighted by Crippen LogP contribution is 2.24. The number of nitrogen functional groups attached to an aromatic ring is 1. The SMILES string of the molecule is Cc1nn(C)c(NC(=O)Cc2ccc(Cl)c(Cl)c2)c1N. The number of nitrogens with two attached hydrogens (primary N) is 1. The van der Waals surface area contributed by atoms with Crippen LogP contribution in [0.5, 0.6) is 0 Å². The molecule has 1 heterocycles. The van der Waals surface area contributed by atoms with E-state index in [2.05, 4.69) is 10.4 Å². The summed E-state index contributed by atoms with van der Waals surface area (Å²) in [5.41, 5.74) is 7.77. The van der Waals surface area contributed by atoms with Crippen LogP contribution >= 0.6 is 23.2 Å². The van der Waals surface area contributed by atoms with Crippen molar-refractivity contribution in [2.24, 2.45) is 7.05 Å². The molecule has 0 fully saturated rings. The average Bonchev–Trinajstić information content (AvgIpc) is 2.61. The minimum Gasteiger partial charge on any atom is -0.394 e. The molecule has 0 saturated carbocycles. The van der Waals surface area contributed by atoms with Gasteiger partial charge in [-0.05, 0) is 24.6 Å². The van der Waals surface area contributed by atoms with E-state index in [1.165, 1.54) is 4.68 Å². The minimum absolute atomic E-state index is 0.181. The molecule has 106 valence electrons. The molecular weight excluding hydrogens is 299 g/mol. The molecular formula is C13H14Cl2N4O. The lowest BCUT2D eigenvalue weighted by molar-refractivity contribution is -0.115. The molecule has 1 amide bonds. The van der Waals surface area contributed by atoms with Gasteiger partial charge in [0, 0.05) is 7.05 Å². The number of aromatic nitrogens is 2. The third kappa shape index (κ3) is 3.05. The maximum Gasteiger partial charge on any atom is 0.229 e. The smallest absolute Gasteiger partial charge is 0.229 e. The Morgan fingerprint density at radius 2 is 2.10 bits per heavy atom. The van der Waals surface area contributed by atoms with E-state index in [4.69, 9.17) is 28.9 Å². The van der Waals surface area contributed by atoms with Crippen LogP contribution in [0, 0.1) is 6.92 Å². The van der Waals surface area contributed by atoms with Crippen LogP contribution in [0.15, 0.2) is 18.2 Å². The number of nitrogens with zero attached hydrogens (tertiary/aromatic N) is 2. The zero-order valence-electron chi connectivity index (χ0n) is 11.1. The number of hydrogen-bond acceptors (Lipinski definition) is 3. The third-order valence-corrected chi connectivity index (χ3v) is 3.61. The predicted octanol–water partition coefficient (Wildman–Crippen LogP) is 2.80. The second-order valence-electron chi connectivity index (χ2n) is 4.44. The Bertz CT molecular complexity index is 667. The molecule has 2 rings (SSSR count). The van der Waals surface area contributed by atoms with Gasteiger partial charge in [-0.1, -0.05) is 29.3 Å². The number of carbonyl (C=O) groups excluding carboxylic acids is 1. The fourth-order valence-electron chi connectivity index (χ4n) is 1.83. The summed E-state index contributed by atoms with van der Waals surface area (Å²) in [7, 11) is 1.72. The van der Waals surface area contributed by atoms with E-state index in [1.54, 1.807) is 32.2 Å². The van der Waals surface area contributed by atoms with Gasteiger partial charge in [0.05, 0.1) is 27.8 Å². The van der Waals surface area contributed by atoms with Crippen LogP contribution in [0.2, 0.25) is 10.0 Å². The Morgan fingerprint density at radius 1 is 1.40 bits per heavy atom. The summed E-state index contributed by atoms with van der Waals surface area (Å²) < 4.78 is 1.54. The number of halogens is 2. The first-order valence-corrected chi connectivity index (χ1v) is 6.67. The molecule has 2 aromatic rings. The number of nitrogens with one attached hydrogen (secondary N) is 1. The molecule has 0 radical (unpaired) electrons. The van der Waals surface area contributed by atoms with Crippen molar-refractivity contribution in [2.45, 2.75) is 13.3 Å². The summed E-state index contributed by atoms with van der Waals surface area (Å²) in [6, 6.07) is 5.09. The van der Waals surface area contributed by atoms with Gasteiger partial charge in [-0.2, -0.15) is 5.10 Å². The first kappa shape index (κ1) is 14.7. The van der Waals surface area contributed by atoms with Gasteiger partial charge in [0.1, 0.15) is 0 Å². The monoisotopic (exact) mass is 312 g/mol. The topological polar surface area (TPSA) is 72.9 Å². The summed E-state index contributed by atoms with van der Waals surface area (Å²) >= 11 is 11.7. The minimum atomic E-state index is -0.196. The molecule has 0 spiro atoms. The molecule has 0 atom stereocenters.